The van der Waals surface area contributed by atoms with Gasteiger partial charge in [0.05, 0.1) is 11.8 Å². The first-order valence-corrected chi connectivity index (χ1v) is 6.12. The summed E-state index contributed by atoms with van der Waals surface area (Å²) in [5.74, 6) is 0.828. The molecule has 0 unspecified atom stereocenters. The monoisotopic (exact) mass is 269 g/mol. The highest BCUT2D eigenvalue weighted by Crippen LogP contribution is 2.28. The van der Waals surface area contributed by atoms with Crippen LogP contribution in [0.2, 0.25) is 0 Å². The molecule has 2 nitrogen and oxygen atoms in total. The van der Waals surface area contributed by atoms with E-state index in [1.54, 1.807) is 0 Å². The van der Waals surface area contributed by atoms with E-state index < -0.39 is 11.7 Å². The normalized spacial score (nSPS) is 16.5. The zero-order valence-corrected chi connectivity index (χ0v) is 10.3. The van der Waals surface area contributed by atoms with E-state index in [4.69, 9.17) is 4.84 Å². The molecule has 0 aliphatic heterocycles. The lowest BCUT2D eigenvalue weighted by molar-refractivity contribution is -0.137. The summed E-state index contributed by atoms with van der Waals surface area (Å²) in [4.78, 5) is 5.19. The van der Waals surface area contributed by atoms with Gasteiger partial charge in [-0.2, -0.15) is 13.2 Å². The van der Waals surface area contributed by atoms with Crippen LogP contribution in [0.25, 0.3) is 0 Å². The largest absolute Gasteiger partial charge is 0.416 e. The van der Waals surface area contributed by atoms with E-state index in [-0.39, 0.29) is 0 Å². The van der Waals surface area contributed by atoms with Crippen LogP contribution in [0.1, 0.15) is 36.8 Å². The Labute approximate surface area is 109 Å². The molecule has 102 valence electrons. The quantitative estimate of drug-likeness (QED) is 0.584. The lowest BCUT2D eigenvalue weighted by atomic mass is 10.1. The molecule has 0 saturated carbocycles. The molecule has 1 aromatic rings. The van der Waals surface area contributed by atoms with Crippen LogP contribution in [0, 0.1) is 0 Å². The second kappa shape index (κ2) is 5.91. The number of allylic oxidation sites excluding steroid dienone is 2. The average molecular weight is 269 g/mol. The van der Waals surface area contributed by atoms with E-state index in [0.29, 0.717) is 5.56 Å². The minimum absolute atomic E-state index is 0.574. The third kappa shape index (κ3) is 4.12. The Morgan fingerprint density at radius 2 is 1.84 bits per heavy atom. The van der Waals surface area contributed by atoms with E-state index in [1.165, 1.54) is 18.3 Å². The number of hydrogen-bond donors (Lipinski definition) is 0. The predicted molar refractivity (Wildman–Crippen MR) is 66.7 cm³/mol. The van der Waals surface area contributed by atoms with Crippen LogP contribution in [0.5, 0.6) is 0 Å². The van der Waals surface area contributed by atoms with Crippen molar-refractivity contribution in [1.82, 2.24) is 0 Å². The van der Waals surface area contributed by atoms with Crippen LogP contribution in [0.15, 0.2) is 41.3 Å². The first kappa shape index (κ1) is 13.6. The van der Waals surface area contributed by atoms with Crippen LogP contribution in [-0.4, -0.2) is 6.21 Å². The molecule has 0 saturated heterocycles. The Hall–Kier alpha value is -1.78. The maximum Gasteiger partial charge on any atom is 0.416 e. The molecule has 0 fully saturated rings. The van der Waals surface area contributed by atoms with Crippen LogP contribution in [0.3, 0.4) is 0 Å². The van der Waals surface area contributed by atoms with E-state index in [1.807, 2.05) is 6.08 Å². The minimum Gasteiger partial charge on any atom is -0.362 e. The summed E-state index contributed by atoms with van der Waals surface area (Å²) < 4.78 is 37.0. The maximum atomic E-state index is 12.3. The topological polar surface area (TPSA) is 21.6 Å². The molecule has 1 aliphatic carbocycles. The Kier molecular flexibility index (Phi) is 4.24. The Balaban J connectivity index is 1.94. The predicted octanol–water partition coefficient (Wildman–Crippen LogP) is 4.51. The van der Waals surface area contributed by atoms with Crippen molar-refractivity contribution in [2.45, 2.75) is 31.9 Å². The van der Waals surface area contributed by atoms with Gasteiger partial charge in [-0.3, -0.25) is 0 Å². The third-order valence-corrected chi connectivity index (χ3v) is 2.86. The first-order chi connectivity index (χ1) is 9.05. The fourth-order valence-electron chi connectivity index (χ4n) is 1.80. The summed E-state index contributed by atoms with van der Waals surface area (Å²) in [5.41, 5.74) is -0.0926. The molecule has 1 aromatic carbocycles. The SMILES string of the molecule is FC(F)(F)c1ccc(C=NOC2=CCCCC2)cc1. The fourth-order valence-corrected chi connectivity index (χ4v) is 1.80. The first-order valence-electron chi connectivity index (χ1n) is 6.12. The number of alkyl halides is 3. The molecular weight excluding hydrogens is 255 g/mol. The van der Waals surface area contributed by atoms with Crippen LogP contribution in [0.4, 0.5) is 13.2 Å². The van der Waals surface area contributed by atoms with Crippen molar-refractivity contribution >= 4 is 6.21 Å². The van der Waals surface area contributed by atoms with Gasteiger partial charge in [0.15, 0.2) is 0 Å². The zero-order valence-electron chi connectivity index (χ0n) is 10.3. The van der Waals surface area contributed by atoms with Crippen molar-refractivity contribution < 1.29 is 18.0 Å². The minimum atomic E-state index is -4.31. The fraction of sp³-hybridized carbons (Fsp3) is 0.357. The Bertz CT molecular complexity index is 474. The number of oxime groups is 1. The number of rotatable bonds is 3. The number of nitrogens with zero attached hydrogens (tertiary/aromatic N) is 1. The van der Waals surface area contributed by atoms with Gasteiger partial charge in [-0.15, -0.1) is 0 Å². The van der Waals surface area contributed by atoms with Gasteiger partial charge >= 0.3 is 6.18 Å². The van der Waals surface area contributed by atoms with Crippen molar-refractivity contribution in [3.8, 4) is 0 Å². The third-order valence-electron chi connectivity index (χ3n) is 2.86. The van der Waals surface area contributed by atoms with Crippen LogP contribution >= 0.6 is 0 Å². The summed E-state index contributed by atoms with van der Waals surface area (Å²) >= 11 is 0. The van der Waals surface area contributed by atoms with Gasteiger partial charge in [0, 0.05) is 6.42 Å². The number of halogens is 3. The standard InChI is InChI=1S/C14H14F3NO/c15-14(16,17)12-8-6-11(7-9-12)10-18-19-13-4-2-1-3-5-13/h4,6-10H,1-3,5H2. The van der Waals surface area contributed by atoms with Gasteiger partial charge < -0.3 is 4.84 Å². The zero-order chi connectivity index (χ0) is 13.7. The number of hydrogen-bond acceptors (Lipinski definition) is 2. The molecule has 0 bridgehead atoms. The Morgan fingerprint density at radius 1 is 1.11 bits per heavy atom. The van der Waals surface area contributed by atoms with Gasteiger partial charge in [-0.25, -0.2) is 0 Å². The highest BCUT2D eigenvalue weighted by molar-refractivity contribution is 5.79. The molecule has 19 heavy (non-hydrogen) atoms. The lowest BCUT2D eigenvalue weighted by Gasteiger charge is -2.09. The van der Waals surface area contributed by atoms with Crippen LogP contribution in [-0.2, 0) is 11.0 Å². The average Bonchev–Trinajstić information content (AvgIpc) is 2.39. The highest BCUT2D eigenvalue weighted by atomic mass is 19.4. The van der Waals surface area contributed by atoms with Crippen molar-refractivity contribution in [1.29, 1.82) is 0 Å². The van der Waals surface area contributed by atoms with E-state index in [0.717, 1.165) is 43.6 Å². The van der Waals surface area contributed by atoms with Gasteiger partial charge in [0.1, 0.15) is 5.76 Å². The maximum absolute atomic E-state index is 12.3. The smallest absolute Gasteiger partial charge is 0.362 e. The summed E-state index contributed by atoms with van der Waals surface area (Å²) in [6, 6.07) is 4.79. The van der Waals surface area contributed by atoms with Crippen molar-refractivity contribution in [2.24, 2.45) is 5.16 Å². The molecule has 0 N–H and O–H groups in total. The highest BCUT2D eigenvalue weighted by Gasteiger charge is 2.29. The Morgan fingerprint density at radius 3 is 2.42 bits per heavy atom. The van der Waals surface area contributed by atoms with Crippen molar-refractivity contribution in [3.05, 3.63) is 47.2 Å². The van der Waals surface area contributed by atoms with Crippen molar-refractivity contribution in [3.63, 3.8) is 0 Å². The number of benzene rings is 1. The van der Waals surface area contributed by atoms with E-state index in [9.17, 15) is 13.2 Å². The molecule has 0 spiro atoms. The van der Waals surface area contributed by atoms with E-state index >= 15 is 0 Å². The molecule has 1 aliphatic rings. The summed E-state index contributed by atoms with van der Waals surface area (Å²) in [5, 5.41) is 3.78. The van der Waals surface area contributed by atoms with Gasteiger partial charge in [0.2, 0.25) is 0 Å². The molecule has 0 heterocycles. The van der Waals surface area contributed by atoms with Crippen LogP contribution < -0.4 is 0 Å². The molecule has 0 aromatic heterocycles. The molecular formula is C14H14F3NO. The summed E-state index contributed by atoms with van der Waals surface area (Å²) in [7, 11) is 0. The molecule has 0 atom stereocenters. The lowest BCUT2D eigenvalue weighted by Crippen LogP contribution is -2.04. The van der Waals surface area contributed by atoms with Gasteiger partial charge in [-0.05, 0) is 43.0 Å². The van der Waals surface area contributed by atoms with Gasteiger partial charge in [-0.1, -0.05) is 17.3 Å². The van der Waals surface area contributed by atoms with Gasteiger partial charge in [0.25, 0.3) is 0 Å². The second-order valence-corrected chi connectivity index (χ2v) is 4.36. The molecule has 2 rings (SSSR count). The molecule has 0 amide bonds. The summed E-state index contributed by atoms with van der Waals surface area (Å²) in [6.07, 6.45) is 3.20. The second-order valence-electron chi connectivity index (χ2n) is 4.36. The molecule has 5 heteroatoms. The van der Waals surface area contributed by atoms with Crippen molar-refractivity contribution in [2.75, 3.05) is 0 Å². The van der Waals surface area contributed by atoms with E-state index in [2.05, 4.69) is 5.16 Å². The molecule has 0 radical (unpaired) electrons. The summed E-state index contributed by atoms with van der Waals surface area (Å²) in [6.45, 7) is 0.